The summed E-state index contributed by atoms with van der Waals surface area (Å²) >= 11 is 0. The van der Waals surface area contributed by atoms with E-state index >= 15 is 0 Å². The van der Waals surface area contributed by atoms with Gasteiger partial charge in [-0.25, -0.2) is 0 Å². The van der Waals surface area contributed by atoms with Crippen LogP contribution in [-0.4, -0.2) is 31.1 Å². The van der Waals surface area contributed by atoms with Crippen LogP contribution in [0.1, 0.15) is 13.8 Å². The number of nitrogen functional groups attached to an aromatic ring is 1. The lowest BCUT2D eigenvalue weighted by Crippen LogP contribution is -2.43. The van der Waals surface area contributed by atoms with Crippen LogP contribution in [0, 0.1) is 0 Å². The zero-order valence-electron chi connectivity index (χ0n) is 9.95. The summed E-state index contributed by atoms with van der Waals surface area (Å²) in [5.41, 5.74) is 6.48. The van der Waals surface area contributed by atoms with Gasteiger partial charge in [0, 0.05) is 5.54 Å². The molecule has 0 atom stereocenters. The first-order valence-electron chi connectivity index (χ1n) is 5.08. The predicted molar refractivity (Wildman–Crippen MR) is 64.1 cm³/mol. The Balaban J connectivity index is 2.62. The Morgan fingerprint density at radius 1 is 1.27 bits per heavy atom. The van der Waals surface area contributed by atoms with Gasteiger partial charge in [-0.2, -0.15) is 0 Å². The molecule has 1 rings (SSSR count). The Bertz CT molecular complexity index is 321. The molecule has 0 amide bonds. The summed E-state index contributed by atoms with van der Waals surface area (Å²) in [7, 11) is 4.08. The van der Waals surface area contributed by atoms with E-state index in [4.69, 9.17) is 10.5 Å². The van der Waals surface area contributed by atoms with Crippen molar-refractivity contribution in [1.29, 1.82) is 0 Å². The molecular weight excluding hydrogens is 188 g/mol. The Morgan fingerprint density at radius 3 is 2.40 bits per heavy atom. The lowest BCUT2D eigenvalue weighted by atomic mass is 10.1. The van der Waals surface area contributed by atoms with Gasteiger partial charge in [-0.15, -0.1) is 0 Å². The monoisotopic (exact) mass is 208 g/mol. The molecular formula is C12H20N2O. The maximum Gasteiger partial charge on any atom is 0.142 e. The van der Waals surface area contributed by atoms with Crippen LogP contribution in [-0.2, 0) is 0 Å². The van der Waals surface area contributed by atoms with Crippen molar-refractivity contribution >= 4 is 5.69 Å². The minimum atomic E-state index is 0.00226. The van der Waals surface area contributed by atoms with Crippen molar-refractivity contribution in [2.45, 2.75) is 19.4 Å². The van der Waals surface area contributed by atoms with Crippen LogP contribution in [0.3, 0.4) is 0 Å². The molecule has 0 fully saturated rings. The second-order valence-corrected chi connectivity index (χ2v) is 4.53. The molecule has 0 unspecified atom stereocenters. The van der Waals surface area contributed by atoms with Gasteiger partial charge in [0.1, 0.15) is 12.4 Å². The topological polar surface area (TPSA) is 38.5 Å². The summed E-state index contributed by atoms with van der Waals surface area (Å²) in [4.78, 5) is 2.13. The van der Waals surface area contributed by atoms with E-state index in [0.717, 1.165) is 5.75 Å². The first kappa shape index (κ1) is 11.9. The maximum atomic E-state index is 5.79. The lowest BCUT2D eigenvalue weighted by Gasteiger charge is -2.32. The first-order valence-corrected chi connectivity index (χ1v) is 5.08. The summed E-state index contributed by atoms with van der Waals surface area (Å²) in [6.45, 7) is 4.88. The third-order valence-corrected chi connectivity index (χ3v) is 2.71. The van der Waals surface area contributed by atoms with E-state index in [-0.39, 0.29) is 5.54 Å². The SMILES string of the molecule is CN(C)C(C)(C)COc1ccccc1N. The largest absolute Gasteiger partial charge is 0.490 e. The second-order valence-electron chi connectivity index (χ2n) is 4.53. The highest BCUT2D eigenvalue weighted by Gasteiger charge is 2.21. The number of hydrogen-bond acceptors (Lipinski definition) is 3. The smallest absolute Gasteiger partial charge is 0.142 e. The average molecular weight is 208 g/mol. The Labute approximate surface area is 91.8 Å². The summed E-state index contributed by atoms with van der Waals surface area (Å²) in [6, 6.07) is 7.56. The molecule has 1 aromatic carbocycles. The molecule has 1 aromatic rings. The van der Waals surface area contributed by atoms with Crippen molar-refractivity contribution in [3.63, 3.8) is 0 Å². The van der Waals surface area contributed by atoms with Crippen molar-refractivity contribution in [3.8, 4) is 5.75 Å². The third-order valence-electron chi connectivity index (χ3n) is 2.71. The van der Waals surface area contributed by atoms with Crippen molar-refractivity contribution < 1.29 is 4.74 Å². The number of benzene rings is 1. The van der Waals surface area contributed by atoms with Crippen LogP contribution in [0.2, 0.25) is 0 Å². The van der Waals surface area contributed by atoms with Gasteiger partial charge >= 0.3 is 0 Å². The van der Waals surface area contributed by atoms with Gasteiger partial charge in [-0.3, -0.25) is 0 Å². The lowest BCUT2D eigenvalue weighted by molar-refractivity contribution is 0.114. The van der Waals surface area contributed by atoms with E-state index in [9.17, 15) is 0 Å². The highest BCUT2D eigenvalue weighted by Crippen LogP contribution is 2.21. The van der Waals surface area contributed by atoms with Gasteiger partial charge in [0.15, 0.2) is 0 Å². The van der Waals surface area contributed by atoms with Crippen molar-refractivity contribution in [3.05, 3.63) is 24.3 Å². The molecule has 0 radical (unpaired) electrons. The molecule has 0 aliphatic rings. The Hall–Kier alpha value is -1.22. The summed E-state index contributed by atoms with van der Waals surface area (Å²) in [5, 5.41) is 0. The van der Waals surface area contributed by atoms with E-state index < -0.39 is 0 Å². The van der Waals surface area contributed by atoms with Crippen LogP contribution in [0.4, 0.5) is 5.69 Å². The number of anilines is 1. The summed E-state index contributed by atoms with van der Waals surface area (Å²) in [5.74, 6) is 0.757. The van der Waals surface area contributed by atoms with Crippen LogP contribution >= 0.6 is 0 Å². The maximum absolute atomic E-state index is 5.79. The molecule has 0 aromatic heterocycles. The molecule has 3 heteroatoms. The highest BCUT2D eigenvalue weighted by molar-refractivity contribution is 5.51. The number of nitrogens with zero attached hydrogens (tertiary/aromatic N) is 1. The fourth-order valence-corrected chi connectivity index (χ4v) is 0.995. The summed E-state index contributed by atoms with van der Waals surface area (Å²) < 4.78 is 5.70. The number of nitrogens with two attached hydrogens (primary N) is 1. The van der Waals surface area contributed by atoms with Gasteiger partial charge in [0.05, 0.1) is 5.69 Å². The van der Waals surface area contributed by atoms with Crippen LogP contribution < -0.4 is 10.5 Å². The zero-order chi connectivity index (χ0) is 11.5. The third kappa shape index (κ3) is 3.13. The molecule has 0 saturated heterocycles. The average Bonchev–Trinajstić information content (AvgIpc) is 2.16. The number of hydrogen-bond donors (Lipinski definition) is 1. The molecule has 3 nitrogen and oxygen atoms in total. The van der Waals surface area contributed by atoms with Gasteiger partial charge in [-0.1, -0.05) is 12.1 Å². The highest BCUT2D eigenvalue weighted by atomic mass is 16.5. The van der Waals surface area contributed by atoms with Crippen LogP contribution in [0.25, 0.3) is 0 Å². The van der Waals surface area contributed by atoms with Gasteiger partial charge in [0.2, 0.25) is 0 Å². The minimum absolute atomic E-state index is 0.00226. The van der Waals surface area contributed by atoms with Crippen LogP contribution in [0.15, 0.2) is 24.3 Å². The summed E-state index contributed by atoms with van der Waals surface area (Å²) in [6.07, 6.45) is 0. The number of ether oxygens (including phenoxy) is 1. The predicted octanol–water partition coefficient (Wildman–Crippen LogP) is 1.99. The molecule has 0 aliphatic heterocycles. The van der Waals surface area contributed by atoms with E-state index in [1.165, 1.54) is 0 Å². The quantitative estimate of drug-likeness (QED) is 0.769. The molecule has 0 spiro atoms. The van der Waals surface area contributed by atoms with E-state index in [1.807, 2.05) is 38.4 Å². The van der Waals surface area contributed by atoms with E-state index in [1.54, 1.807) is 0 Å². The Kier molecular flexibility index (Phi) is 3.58. The van der Waals surface area contributed by atoms with Crippen LogP contribution in [0.5, 0.6) is 5.75 Å². The number of rotatable bonds is 4. The second kappa shape index (κ2) is 4.53. The molecule has 84 valence electrons. The van der Waals surface area contributed by atoms with Gasteiger partial charge in [0.25, 0.3) is 0 Å². The van der Waals surface area contributed by atoms with Crippen molar-refractivity contribution in [2.75, 3.05) is 26.4 Å². The normalized spacial score (nSPS) is 11.8. The molecule has 0 aliphatic carbocycles. The zero-order valence-corrected chi connectivity index (χ0v) is 9.95. The molecule has 0 bridgehead atoms. The van der Waals surface area contributed by atoms with Crippen molar-refractivity contribution in [1.82, 2.24) is 4.90 Å². The molecule has 2 N–H and O–H groups in total. The molecule has 0 saturated carbocycles. The number of para-hydroxylation sites is 2. The number of likely N-dealkylation sites (N-methyl/N-ethyl adjacent to an activating group) is 1. The Morgan fingerprint density at radius 2 is 1.87 bits per heavy atom. The first-order chi connectivity index (χ1) is 6.93. The molecule has 0 heterocycles. The van der Waals surface area contributed by atoms with Gasteiger partial charge in [-0.05, 0) is 40.1 Å². The van der Waals surface area contributed by atoms with E-state index in [0.29, 0.717) is 12.3 Å². The van der Waals surface area contributed by atoms with Gasteiger partial charge < -0.3 is 15.4 Å². The minimum Gasteiger partial charge on any atom is -0.490 e. The van der Waals surface area contributed by atoms with Crippen molar-refractivity contribution in [2.24, 2.45) is 0 Å². The molecule has 15 heavy (non-hydrogen) atoms. The standard InChI is InChI=1S/C12H20N2O/c1-12(2,14(3)4)9-15-11-8-6-5-7-10(11)13/h5-8H,9,13H2,1-4H3. The fourth-order valence-electron chi connectivity index (χ4n) is 0.995. The van der Waals surface area contributed by atoms with E-state index in [2.05, 4.69) is 18.7 Å². The fraction of sp³-hybridized carbons (Fsp3) is 0.500.